The Morgan fingerprint density at radius 1 is 1.24 bits per heavy atom. The third-order valence-corrected chi connectivity index (χ3v) is 3.36. The monoisotopic (exact) mass is 328 g/mol. The van der Waals surface area contributed by atoms with E-state index in [2.05, 4.69) is 15.0 Å². The minimum absolute atomic E-state index is 0. The Hall–Kier alpha value is -1.05. The van der Waals surface area contributed by atoms with Gasteiger partial charge in [-0.3, -0.25) is 4.90 Å². The minimum atomic E-state index is -4.88. The van der Waals surface area contributed by atoms with Gasteiger partial charge in [0.15, 0.2) is 11.6 Å². The summed E-state index contributed by atoms with van der Waals surface area (Å²) in [6.45, 7) is 5.25. The molecule has 1 atom stereocenters. The first-order valence-electron chi connectivity index (χ1n) is 6.37. The molecule has 0 saturated carbocycles. The van der Waals surface area contributed by atoms with Crippen molar-refractivity contribution in [1.82, 2.24) is 10.2 Å². The molecule has 120 valence electrons. The first-order valence-corrected chi connectivity index (χ1v) is 6.37. The Morgan fingerprint density at radius 3 is 2.38 bits per heavy atom. The van der Waals surface area contributed by atoms with Crippen molar-refractivity contribution in [3.05, 3.63) is 29.6 Å². The molecule has 0 bridgehead atoms. The van der Waals surface area contributed by atoms with Gasteiger partial charge < -0.3 is 10.1 Å². The molecule has 1 aliphatic heterocycles. The van der Waals surface area contributed by atoms with E-state index >= 15 is 0 Å². The zero-order chi connectivity index (χ0) is 14.8. The van der Waals surface area contributed by atoms with Gasteiger partial charge in [0.05, 0.1) is 0 Å². The van der Waals surface area contributed by atoms with Crippen LogP contribution < -0.4 is 10.1 Å². The quantitative estimate of drug-likeness (QED) is 0.863. The van der Waals surface area contributed by atoms with Crippen molar-refractivity contribution in [3.8, 4) is 5.75 Å². The van der Waals surface area contributed by atoms with E-state index in [1.54, 1.807) is 0 Å². The number of nitrogens with one attached hydrogen (secondary N) is 1. The predicted molar refractivity (Wildman–Crippen MR) is 73.2 cm³/mol. The molecule has 1 heterocycles. The number of hydrogen-bond donors (Lipinski definition) is 1. The molecular weight excluding hydrogens is 312 g/mol. The summed E-state index contributed by atoms with van der Waals surface area (Å²) >= 11 is 0. The van der Waals surface area contributed by atoms with Gasteiger partial charge in [-0.1, -0.05) is 6.07 Å². The molecule has 0 unspecified atom stereocenters. The highest BCUT2D eigenvalue weighted by molar-refractivity contribution is 5.85. The SMILES string of the molecule is C[C@@H](c1ccc(OC(F)(F)F)c(F)c1)N1CCNCC1.Cl. The van der Waals surface area contributed by atoms with Crippen LogP contribution in [0.1, 0.15) is 18.5 Å². The van der Waals surface area contributed by atoms with Crippen molar-refractivity contribution in [2.75, 3.05) is 26.2 Å². The van der Waals surface area contributed by atoms with Crippen LogP contribution in [0.3, 0.4) is 0 Å². The number of ether oxygens (including phenoxy) is 1. The topological polar surface area (TPSA) is 24.5 Å². The van der Waals surface area contributed by atoms with Crippen molar-refractivity contribution in [2.45, 2.75) is 19.3 Å². The highest BCUT2D eigenvalue weighted by atomic mass is 35.5. The van der Waals surface area contributed by atoms with Crippen molar-refractivity contribution < 1.29 is 22.3 Å². The number of halogens is 5. The van der Waals surface area contributed by atoms with E-state index in [-0.39, 0.29) is 18.4 Å². The smallest absolute Gasteiger partial charge is 0.403 e. The van der Waals surface area contributed by atoms with Crippen molar-refractivity contribution in [1.29, 1.82) is 0 Å². The van der Waals surface area contributed by atoms with Crippen molar-refractivity contribution in [3.63, 3.8) is 0 Å². The Balaban J connectivity index is 0.00000220. The zero-order valence-corrected chi connectivity index (χ0v) is 12.2. The van der Waals surface area contributed by atoms with Gasteiger partial charge in [0.2, 0.25) is 0 Å². The second-order valence-corrected chi connectivity index (χ2v) is 4.70. The molecule has 1 aliphatic rings. The average Bonchev–Trinajstić information content (AvgIpc) is 2.40. The van der Waals surface area contributed by atoms with Crippen LogP contribution in [0.5, 0.6) is 5.75 Å². The number of hydrogen-bond acceptors (Lipinski definition) is 3. The van der Waals surface area contributed by atoms with E-state index in [0.29, 0.717) is 5.56 Å². The molecule has 3 nitrogen and oxygen atoms in total. The van der Waals surface area contributed by atoms with E-state index in [4.69, 9.17) is 0 Å². The van der Waals surface area contributed by atoms with Gasteiger partial charge in [-0.05, 0) is 24.6 Å². The second kappa shape index (κ2) is 7.29. The Kier molecular flexibility index (Phi) is 6.24. The van der Waals surface area contributed by atoms with Gasteiger partial charge in [-0.2, -0.15) is 0 Å². The molecule has 1 aromatic carbocycles. The molecule has 0 aromatic heterocycles. The second-order valence-electron chi connectivity index (χ2n) is 4.70. The van der Waals surface area contributed by atoms with Crippen LogP contribution in [-0.2, 0) is 0 Å². The van der Waals surface area contributed by atoms with Crippen molar-refractivity contribution >= 4 is 12.4 Å². The first kappa shape index (κ1) is 18.0. The molecule has 1 aromatic rings. The van der Waals surface area contributed by atoms with E-state index in [1.165, 1.54) is 6.07 Å². The van der Waals surface area contributed by atoms with E-state index < -0.39 is 17.9 Å². The molecule has 0 aliphatic carbocycles. The van der Waals surface area contributed by atoms with Crippen molar-refractivity contribution in [2.24, 2.45) is 0 Å². The molecule has 8 heteroatoms. The molecule has 0 radical (unpaired) electrons. The summed E-state index contributed by atoms with van der Waals surface area (Å²) in [4.78, 5) is 2.15. The third-order valence-electron chi connectivity index (χ3n) is 3.36. The number of rotatable bonds is 3. The summed E-state index contributed by atoms with van der Waals surface area (Å²) in [7, 11) is 0. The highest BCUT2D eigenvalue weighted by Crippen LogP contribution is 2.29. The van der Waals surface area contributed by atoms with Gasteiger partial charge in [0, 0.05) is 32.2 Å². The highest BCUT2D eigenvalue weighted by Gasteiger charge is 2.32. The molecule has 1 N–H and O–H groups in total. The molecule has 1 fully saturated rings. The van der Waals surface area contributed by atoms with Gasteiger partial charge in [-0.25, -0.2) is 4.39 Å². The van der Waals surface area contributed by atoms with Crippen LogP contribution in [0.15, 0.2) is 18.2 Å². The normalized spacial score (nSPS) is 18.0. The molecule has 21 heavy (non-hydrogen) atoms. The predicted octanol–water partition coefficient (Wildman–Crippen LogP) is 3.11. The summed E-state index contributed by atoms with van der Waals surface area (Å²) in [6, 6.07) is 3.55. The fourth-order valence-corrected chi connectivity index (χ4v) is 2.26. The van der Waals surface area contributed by atoms with Crippen LogP contribution in [0, 0.1) is 5.82 Å². The maximum absolute atomic E-state index is 13.7. The van der Waals surface area contributed by atoms with Crippen LogP contribution in [0.4, 0.5) is 17.6 Å². The number of piperazine rings is 1. The van der Waals surface area contributed by atoms with Crippen LogP contribution in [0.2, 0.25) is 0 Å². The van der Waals surface area contributed by atoms with Crippen LogP contribution in [0.25, 0.3) is 0 Å². The standard InChI is InChI=1S/C13H16F4N2O.ClH/c1-9(19-6-4-18-5-7-19)10-2-3-12(11(14)8-10)20-13(15,16)17;/h2-3,8-9,18H,4-7H2,1H3;1H/t9-;/m0./s1. The lowest BCUT2D eigenvalue weighted by Gasteiger charge is -2.33. The molecular formula is C13H17ClF4N2O. The largest absolute Gasteiger partial charge is 0.573 e. The number of alkyl halides is 3. The number of nitrogens with zero attached hydrogens (tertiary/aromatic N) is 1. The third kappa shape index (κ3) is 5.01. The molecule has 1 saturated heterocycles. The lowest BCUT2D eigenvalue weighted by Crippen LogP contribution is -2.44. The van der Waals surface area contributed by atoms with Crippen LogP contribution in [-0.4, -0.2) is 37.4 Å². The molecule has 0 amide bonds. The van der Waals surface area contributed by atoms with Gasteiger partial charge in [0.1, 0.15) is 0 Å². The summed E-state index contributed by atoms with van der Waals surface area (Å²) in [5.74, 6) is -1.80. The summed E-state index contributed by atoms with van der Waals surface area (Å²) in [6.07, 6.45) is -4.88. The Morgan fingerprint density at radius 2 is 1.86 bits per heavy atom. The summed E-state index contributed by atoms with van der Waals surface area (Å²) in [5.41, 5.74) is 0.638. The fraction of sp³-hybridized carbons (Fsp3) is 0.538. The summed E-state index contributed by atoms with van der Waals surface area (Å²) < 4.78 is 53.5. The van der Waals surface area contributed by atoms with Gasteiger partial charge in [0.25, 0.3) is 0 Å². The zero-order valence-electron chi connectivity index (χ0n) is 11.4. The lowest BCUT2D eigenvalue weighted by atomic mass is 10.1. The fourth-order valence-electron chi connectivity index (χ4n) is 2.26. The Labute approximate surface area is 126 Å². The van der Waals surface area contributed by atoms with E-state index in [1.807, 2.05) is 6.92 Å². The van der Waals surface area contributed by atoms with Gasteiger partial charge >= 0.3 is 6.36 Å². The van der Waals surface area contributed by atoms with E-state index in [9.17, 15) is 17.6 Å². The maximum Gasteiger partial charge on any atom is 0.573 e. The Bertz CT molecular complexity index is 464. The number of benzene rings is 1. The summed E-state index contributed by atoms with van der Waals surface area (Å²) in [5, 5.41) is 3.21. The molecule has 2 rings (SSSR count). The first-order chi connectivity index (χ1) is 9.37. The van der Waals surface area contributed by atoms with Gasteiger partial charge in [-0.15, -0.1) is 25.6 Å². The lowest BCUT2D eigenvalue weighted by molar-refractivity contribution is -0.275. The molecule has 0 spiro atoms. The average molecular weight is 329 g/mol. The minimum Gasteiger partial charge on any atom is -0.403 e. The maximum atomic E-state index is 13.7. The van der Waals surface area contributed by atoms with E-state index in [0.717, 1.165) is 38.3 Å². The van der Waals surface area contributed by atoms with Crippen LogP contribution >= 0.6 is 12.4 Å².